The molecule has 8 heteroatoms. The SMILES string of the molecule is CC(=O)N[C@@H]1CN(C(=O)Cc2c(C)nc(C)[nH]c2=O)C[C@H]1c1ccc(C)o1. The van der Waals surface area contributed by atoms with Crippen LogP contribution >= 0.6 is 0 Å². The number of hydrogen-bond donors (Lipinski definition) is 2. The number of carbonyl (C=O) groups excluding carboxylic acids is 2. The molecule has 3 heterocycles. The third-order valence-corrected chi connectivity index (χ3v) is 4.86. The van der Waals surface area contributed by atoms with Crippen LogP contribution in [0, 0.1) is 20.8 Å². The van der Waals surface area contributed by atoms with E-state index in [0.29, 0.717) is 30.2 Å². The molecule has 0 spiro atoms. The van der Waals surface area contributed by atoms with Crippen LogP contribution in [0.5, 0.6) is 0 Å². The van der Waals surface area contributed by atoms with Gasteiger partial charge in [-0.3, -0.25) is 14.4 Å². The lowest BCUT2D eigenvalue weighted by molar-refractivity contribution is -0.129. The van der Waals surface area contributed by atoms with Crippen molar-refractivity contribution in [1.29, 1.82) is 0 Å². The van der Waals surface area contributed by atoms with E-state index in [1.807, 2.05) is 19.1 Å². The van der Waals surface area contributed by atoms with Gasteiger partial charge in [0.2, 0.25) is 11.8 Å². The highest BCUT2D eigenvalue weighted by molar-refractivity contribution is 5.80. The van der Waals surface area contributed by atoms with Crippen molar-refractivity contribution in [2.45, 2.75) is 46.1 Å². The molecule has 8 nitrogen and oxygen atoms in total. The molecule has 27 heavy (non-hydrogen) atoms. The zero-order valence-electron chi connectivity index (χ0n) is 16.0. The van der Waals surface area contributed by atoms with Crippen LogP contribution in [-0.2, 0) is 16.0 Å². The molecule has 2 amide bonds. The Morgan fingerprint density at radius 2 is 2.04 bits per heavy atom. The van der Waals surface area contributed by atoms with Crippen LogP contribution in [0.2, 0.25) is 0 Å². The molecule has 3 rings (SSSR count). The number of carbonyl (C=O) groups is 2. The minimum atomic E-state index is -0.288. The van der Waals surface area contributed by atoms with Gasteiger partial charge >= 0.3 is 0 Å². The van der Waals surface area contributed by atoms with Gasteiger partial charge in [0.05, 0.1) is 18.4 Å². The monoisotopic (exact) mass is 372 g/mol. The fourth-order valence-electron chi connectivity index (χ4n) is 3.58. The van der Waals surface area contributed by atoms with Crippen molar-refractivity contribution < 1.29 is 14.0 Å². The first-order valence-electron chi connectivity index (χ1n) is 8.92. The van der Waals surface area contributed by atoms with E-state index in [0.717, 1.165) is 11.5 Å². The number of amides is 2. The van der Waals surface area contributed by atoms with Crippen LogP contribution in [0.1, 0.15) is 41.4 Å². The van der Waals surface area contributed by atoms with Crippen LogP contribution in [0.25, 0.3) is 0 Å². The van der Waals surface area contributed by atoms with E-state index in [-0.39, 0.29) is 35.8 Å². The van der Waals surface area contributed by atoms with E-state index in [1.54, 1.807) is 18.7 Å². The third-order valence-electron chi connectivity index (χ3n) is 4.86. The number of aromatic amines is 1. The molecule has 2 aromatic heterocycles. The molecule has 144 valence electrons. The van der Waals surface area contributed by atoms with Gasteiger partial charge in [-0.25, -0.2) is 4.98 Å². The maximum Gasteiger partial charge on any atom is 0.254 e. The van der Waals surface area contributed by atoms with Crippen molar-refractivity contribution in [3.63, 3.8) is 0 Å². The van der Waals surface area contributed by atoms with E-state index in [9.17, 15) is 14.4 Å². The maximum atomic E-state index is 12.8. The number of rotatable bonds is 4. The molecule has 1 fully saturated rings. The van der Waals surface area contributed by atoms with E-state index in [4.69, 9.17) is 4.42 Å². The standard InChI is InChI=1S/C19H24N4O4/c1-10-5-6-17(27-10)15-8-23(9-16(15)22-13(4)24)18(25)7-14-11(2)20-12(3)21-19(14)26/h5-6,15-16H,7-9H2,1-4H3,(H,22,24)(H,20,21,26)/t15-,16-/m1/s1. The Balaban J connectivity index is 1.79. The lowest BCUT2D eigenvalue weighted by Gasteiger charge is -2.17. The highest BCUT2D eigenvalue weighted by Crippen LogP contribution is 2.29. The van der Waals surface area contributed by atoms with Crippen LogP contribution in [0.15, 0.2) is 21.3 Å². The Morgan fingerprint density at radius 1 is 1.30 bits per heavy atom. The highest BCUT2D eigenvalue weighted by Gasteiger charge is 2.38. The summed E-state index contributed by atoms with van der Waals surface area (Å²) in [7, 11) is 0. The quantitative estimate of drug-likeness (QED) is 0.831. The molecule has 1 aliphatic rings. The summed E-state index contributed by atoms with van der Waals surface area (Å²) < 4.78 is 5.72. The van der Waals surface area contributed by atoms with Crippen molar-refractivity contribution in [2.75, 3.05) is 13.1 Å². The number of furan rings is 1. The van der Waals surface area contributed by atoms with Gasteiger partial charge in [0.1, 0.15) is 17.3 Å². The second-order valence-electron chi connectivity index (χ2n) is 7.05. The lowest BCUT2D eigenvalue weighted by Crippen LogP contribution is -2.39. The minimum absolute atomic E-state index is 0.0227. The van der Waals surface area contributed by atoms with Gasteiger partial charge in [-0.15, -0.1) is 0 Å². The summed E-state index contributed by atoms with van der Waals surface area (Å²) in [5.74, 6) is 1.60. The maximum absolute atomic E-state index is 12.8. The van der Waals surface area contributed by atoms with Crippen molar-refractivity contribution in [2.24, 2.45) is 0 Å². The molecule has 0 aliphatic carbocycles. The summed E-state index contributed by atoms with van der Waals surface area (Å²) in [5, 5.41) is 2.91. The Kier molecular flexibility index (Phi) is 5.16. The zero-order valence-corrected chi connectivity index (χ0v) is 16.0. The van der Waals surface area contributed by atoms with Crippen molar-refractivity contribution in [3.8, 4) is 0 Å². The molecular formula is C19H24N4O4. The van der Waals surface area contributed by atoms with E-state index in [1.165, 1.54) is 6.92 Å². The number of hydrogen-bond acceptors (Lipinski definition) is 5. The van der Waals surface area contributed by atoms with Gasteiger partial charge in [0.25, 0.3) is 5.56 Å². The number of aryl methyl sites for hydroxylation is 3. The summed E-state index contributed by atoms with van der Waals surface area (Å²) in [4.78, 5) is 45.1. The summed E-state index contributed by atoms with van der Waals surface area (Å²) in [6, 6.07) is 3.51. The van der Waals surface area contributed by atoms with Crippen LogP contribution < -0.4 is 10.9 Å². The molecule has 1 saturated heterocycles. The van der Waals surface area contributed by atoms with Crippen molar-refractivity contribution >= 4 is 11.8 Å². The molecule has 0 saturated carbocycles. The largest absolute Gasteiger partial charge is 0.466 e. The first-order chi connectivity index (χ1) is 12.7. The van der Waals surface area contributed by atoms with Gasteiger partial charge in [0.15, 0.2) is 0 Å². The molecule has 0 radical (unpaired) electrons. The average Bonchev–Trinajstić information content (AvgIpc) is 3.16. The molecule has 2 aromatic rings. The van der Waals surface area contributed by atoms with Gasteiger partial charge in [-0.05, 0) is 32.9 Å². The summed E-state index contributed by atoms with van der Waals surface area (Å²) in [6.45, 7) is 7.54. The molecular weight excluding hydrogens is 348 g/mol. The third kappa shape index (κ3) is 4.10. The molecule has 0 unspecified atom stereocenters. The highest BCUT2D eigenvalue weighted by atomic mass is 16.3. The molecule has 2 N–H and O–H groups in total. The molecule has 0 aromatic carbocycles. The van der Waals surface area contributed by atoms with Crippen LogP contribution in [-0.4, -0.2) is 45.8 Å². The number of likely N-dealkylation sites (tertiary alicyclic amines) is 1. The predicted octanol–water partition coefficient (Wildman–Crippen LogP) is 0.961. The zero-order chi connectivity index (χ0) is 19.7. The average molecular weight is 372 g/mol. The van der Waals surface area contributed by atoms with Gasteiger partial charge in [-0.1, -0.05) is 0 Å². The summed E-state index contributed by atoms with van der Waals surface area (Å²) in [6.07, 6.45) is -0.0227. The van der Waals surface area contributed by atoms with E-state index < -0.39 is 0 Å². The minimum Gasteiger partial charge on any atom is -0.466 e. The fraction of sp³-hybridized carbons (Fsp3) is 0.474. The smallest absolute Gasteiger partial charge is 0.254 e. The summed E-state index contributed by atoms with van der Waals surface area (Å²) in [5.41, 5.74) is 0.642. The van der Waals surface area contributed by atoms with Gasteiger partial charge < -0.3 is 19.6 Å². The Bertz CT molecular complexity index is 930. The second-order valence-corrected chi connectivity index (χ2v) is 7.05. The molecule has 0 bridgehead atoms. The summed E-state index contributed by atoms with van der Waals surface area (Å²) >= 11 is 0. The molecule has 1 aliphatic heterocycles. The number of nitrogens with zero attached hydrogens (tertiary/aromatic N) is 2. The molecule has 2 atom stereocenters. The topological polar surface area (TPSA) is 108 Å². The van der Waals surface area contributed by atoms with Crippen molar-refractivity contribution in [3.05, 3.63) is 51.1 Å². The van der Waals surface area contributed by atoms with Gasteiger partial charge in [0, 0.05) is 31.3 Å². The fourth-order valence-corrected chi connectivity index (χ4v) is 3.58. The van der Waals surface area contributed by atoms with Crippen LogP contribution in [0.3, 0.4) is 0 Å². The van der Waals surface area contributed by atoms with Gasteiger partial charge in [-0.2, -0.15) is 0 Å². The Labute approximate surface area is 157 Å². The number of nitrogens with one attached hydrogen (secondary N) is 2. The van der Waals surface area contributed by atoms with Crippen molar-refractivity contribution in [1.82, 2.24) is 20.2 Å². The predicted molar refractivity (Wildman–Crippen MR) is 98.4 cm³/mol. The number of H-pyrrole nitrogens is 1. The van der Waals surface area contributed by atoms with E-state index >= 15 is 0 Å². The first kappa shape index (κ1) is 18.9. The first-order valence-corrected chi connectivity index (χ1v) is 8.92. The Morgan fingerprint density at radius 3 is 2.63 bits per heavy atom. The van der Waals surface area contributed by atoms with Crippen LogP contribution in [0.4, 0.5) is 0 Å². The van der Waals surface area contributed by atoms with E-state index in [2.05, 4.69) is 15.3 Å². The lowest BCUT2D eigenvalue weighted by atomic mass is 10.0. The Hall–Kier alpha value is -2.90. The number of aromatic nitrogens is 2. The second kappa shape index (κ2) is 7.38. The normalized spacial score (nSPS) is 19.3.